The number of nitrogens with zero attached hydrogens (tertiary/aromatic N) is 2. The van der Waals surface area contributed by atoms with Gasteiger partial charge in [0.25, 0.3) is 5.91 Å². The van der Waals surface area contributed by atoms with Crippen LogP contribution in [0.2, 0.25) is 0 Å². The summed E-state index contributed by atoms with van der Waals surface area (Å²) in [7, 11) is 1.96. The first-order valence-corrected chi connectivity index (χ1v) is 6.64. The minimum Gasteiger partial charge on any atom is -0.352 e. The van der Waals surface area contributed by atoms with Crippen LogP contribution in [0, 0.1) is 25.2 Å². The molecule has 0 spiro atoms. The number of para-hydroxylation sites is 1. The average Bonchev–Trinajstić information content (AvgIpc) is 2.73. The van der Waals surface area contributed by atoms with Gasteiger partial charge in [-0.25, -0.2) is 0 Å². The summed E-state index contributed by atoms with van der Waals surface area (Å²) < 4.78 is 2.02. The number of nitrogens with one attached hydrogen (secondary N) is 1. The van der Waals surface area contributed by atoms with Crippen molar-refractivity contribution >= 4 is 17.7 Å². The monoisotopic (exact) mass is 279 g/mol. The van der Waals surface area contributed by atoms with Gasteiger partial charge in [0.1, 0.15) is 11.6 Å². The SMILES string of the molecule is Cc1cc(/C=C(/C#N)C(=O)Nc2ccccc2)c(C)n1C. The Kier molecular flexibility index (Phi) is 4.24. The molecule has 21 heavy (non-hydrogen) atoms. The Morgan fingerprint density at radius 2 is 1.95 bits per heavy atom. The van der Waals surface area contributed by atoms with Crippen LogP contribution in [-0.4, -0.2) is 10.5 Å². The van der Waals surface area contributed by atoms with Crippen LogP contribution < -0.4 is 5.32 Å². The second-order valence-corrected chi connectivity index (χ2v) is 4.88. The molecule has 0 unspecified atom stereocenters. The van der Waals surface area contributed by atoms with E-state index >= 15 is 0 Å². The molecule has 1 heterocycles. The molecule has 2 aromatic rings. The van der Waals surface area contributed by atoms with Crippen LogP contribution in [0.3, 0.4) is 0 Å². The number of hydrogen-bond donors (Lipinski definition) is 1. The normalized spacial score (nSPS) is 11.0. The molecule has 1 aromatic heterocycles. The summed E-state index contributed by atoms with van der Waals surface area (Å²) in [5, 5.41) is 11.9. The largest absolute Gasteiger partial charge is 0.352 e. The van der Waals surface area contributed by atoms with Gasteiger partial charge in [0, 0.05) is 24.1 Å². The van der Waals surface area contributed by atoms with Gasteiger partial charge in [-0.2, -0.15) is 5.26 Å². The zero-order chi connectivity index (χ0) is 15.4. The van der Waals surface area contributed by atoms with Crippen molar-refractivity contribution < 1.29 is 4.79 Å². The molecule has 0 saturated carbocycles. The molecule has 4 nitrogen and oxygen atoms in total. The molecule has 1 aromatic carbocycles. The van der Waals surface area contributed by atoms with Crippen molar-refractivity contribution in [1.82, 2.24) is 4.57 Å². The van der Waals surface area contributed by atoms with Gasteiger partial charge in [-0.15, -0.1) is 0 Å². The van der Waals surface area contributed by atoms with Crippen molar-refractivity contribution in [2.45, 2.75) is 13.8 Å². The highest BCUT2D eigenvalue weighted by Gasteiger charge is 2.11. The predicted octanol–water partition coefficient (Wildman–Crippen LogP) is 3.19. The second kappa shape index (κ2) is 6.10. The lowest BCUT2D eigenvalue weighted by Gasteiger charge is -2.04. The number of rotatable bonds is 3. The summed E-state index contributed by atoms with van der Waals surface area (Å²) in [6, 6.07) is 13.0. The molecule has 0 aliphatic carbocycles. The lowest BCUT2D eigenvalue weighted by Crippen LogP contribution is -2.13. The fourth-order valence-electron chi connectivity index (χ4n) is 2.05. The van der Waals surface area contributed by atoms with Crippen molar-refractivity contribution in [3.05, 3.63) is 58.9 Å². The van der Waals surface area contributed by atoms with Gasteiger partial charge in [-0.3, -0.25) is 4.79 Å². The third kappa shape index (κ3) is 3.21. The van der Waals surface area contributed by atoms with Crippen molar-refractivity contribution in [2.24, 2.45) is 7.05 Å². The smallest absolute Gasteiger partial charge is 0.266 e. The van der Waals surface area contributed by atoms with Crippen molar-refractivity contribution in [3.8, 4) is 6.07 Å². The summed E-state index contributed by atoms with van der Waals surface area (Å²) >= 11 is 0. The van der Waals surface area contributed by atoms with E-state index in [1.807, 2.05) is 55.8 Å². The molecule has 0 atom stereocenters. The first-order chi connectivity index (χ1) is 10.0. The standard InChI is InChI=1S/C17H17N3O/c1-12-9-14(13(2)20(12)3)10-15(11-18)17(21)19-16-7-5-4-6-8-16/h4-10H,1-3H3,(H,19,21)/b15-10-. The molecule has 106 valence electrons. The van der Waals surface area contributed by atoms with E-state index in [-0.39, 0.29) is 5.57 Å². The molecular weight excluding hydrogens is 262 g/mol. The Morgan fingerprint density at radius 3 is 2.48 bits per heavy atom. The van der Waals surface area contributed by atoms with E-state index in [0.29, 0.717) is 5.69 Å². The van der Waals surface area contributed by atoms with Crippen LogP contribution in [0.1, 0.15) is 17.0 Å². The second-order valence-electron chi connectivity index (χ2n) is 4.88. The summed E-state index contributed by atoms with van der Waals surface area (Å²) in [5.41, 5.74) is 3.75. The van der Waals surface area contributed by atoms with Crippen LogP contribution in [0.5, 0.6) is 0 Å². The number of nitriles is 1. The number of hydrogen-bond acceptors (Lipinski definition) is 2. The Balaban J connectivity index is 2.27. The molecule has 0 aliphatic rings. The summed E-state index contributed by atoms with van der Waals surface area (Å²) in [6.45, 7) is 3.95. The molecule has 0 aliphatic heterocycles. The van der Waals surface area contributed by atoms with Crippen LogP contribution in [0.25, 0.3) is 6.08 Å². The Labute approximate surface area is 124 Å². The average molecular weight is 279 g/mol. The van der Waals surface area contributed by atoms with E-state index < -0.39 is 5.91 Å². The van der Waals surface area contributed by atoms with E-state index in [9.17, 15) is 10.1 Å². The number of anilines is 1. The third-order valence-corrected chi connectivity index (χ3v) is 3.51. The molecule has 1 amide bonds. The molecule has 0 radical (unpaired) electrons. The van der Waals surface area contributed by atoms with Gasteiger partial charge in [-0.05, 0) is 43.7 Å². The zero-order valence-corrected chi connectivity index (χ0v) is 12.3. The zero-order valence-electron chi connectivity index (χ0n) is 12.3. The van der Waals surface area contributed by atoms with Crippen LogP contribution in [0.4, 0.5) is 5.69 Å². The van der Waals surface area contributed by atoms with Gasteiger partial charge in [0.15, 0.2) is 0 Å². The van der Waals surface area contributed by atoms with Gasteiger partial charge in [0.05, 0.1) is 0 Å². The lowest BCUT2D eigenvalue weighted by molar-refractivity contribution is -0.112. The molecule has 2 rings (SSSR count). The topological polar surface area (TPSA) is 57.8 Å². The maximum absolute atomic E-state index is 12.1. The summed E-state index contributed by atoms with van der Waals surface area (Å²) in [5.74, 6) is -0.399. The number of carbonyl (C=O) groups is 1. The molecule has 0 fully saturated rings. The Hall–Kier alpha value is -2.80. The number of benzene rings is 1. The van der Waals surface area contributed by atoms with E-state index in [4.69, 9.17) is 0 Å². The number of amides is 1. The Bertz CT molecular complexity index is 733. The molecular formula is C17H17N3O. The Morgan fingerprint density at radius 1 is 1.29 bits per heavy atom. The highest BCUT2D eigenvalue weighted by Crippen LogP contribution is 2.17. The van der Waals surface area contributed by atoms with Crippen LogP contribution >= 0.6 is 0 Å². The minimum absolute atomic E-state index is 0.0903. The fraction of sp³-hybridized carbons (Fsp3) is 0.176. The summed E-state index contributed by atoms with van der Waals surface area (Å²) in [6.07, 6.45) is 1.63. The van der Waals surface area contributed by atoms with Crippen molar-refractivity contribution in [2.75, 3.05) is 5.32 Å². The fourth-order valence-corrected chi connectivity index (χ4v) is 2.05. The first kappa shape index (κ1) is 14.6. The van der Waals surface area contributed by atoms with Crippen molar-refractivity contribution in [3.63, 3.8) is 0 Å². The van der Waals surface area contributed by atoms with Crippen molar-refractivity contribution in [1.29, 1.82) is 5.26 Å². The molecule has 1 N–H and O–H groups in total. The van der Waals surface area contributed by atoms with E-state index in [1.54, 1.807) is 18.2 Å². The minimum atomic E-state index is -0.399. The third-order valence-electron chi connectivity index (χ3n) is 3.51. The lowest BCUT2D eigenvalue weighted by atomic mass is 10.1. The molecule has 0 saturated heterocycles. The highest BCUT2D eigenvalue weighted by molar-refractivity contribution is 6.09. The molecule has 4 heteroatoms. The number of aromatic nitrogens is 1. The van der Waals surface area contributed by atoms with E-state index in [1.165, 1.54) is 0 Å². The highest BCUT2D eigenvalue weighted by atomic mass is 16.1. The van der Waals surface area contributed by atoms with Gasteiger partial charge >= 0.3 is 0 Å². The number of carbonyl (C=O) groups excluding carboxylic acids is 1. The van der Waals surface area contributed by atoms with E-state index in [2.05, 4.69) is 5.32 Å². The van der Waals surface area contributed by atoms with Gasteiger partial charge in [-0.1, -0.05) is 18.2 Å². The summed E-state index contributed by atoms with van der Waals surface area (Å²) in [4.78, 5) is 12.1. The quantitative estimate of drug-likeness (QED) is 0.693. The van der Waals surface area contributed by atoms with E-state index in [0.717, 1.165) is 17.0 Å². The number of aryl methyl sites for hydroxylation is 1. The maximum atomic E-state index is 12.1. The maximum Gasteiger partial charge on any atom is 0.266 e. The first-order valence-electron chi connectivity index (χ1n) is 6.64. The predicted molar refractivity (Wildman–Crippen MR) is 83.5 cm³/mol. The van der Waals surface area contributed by atoms with Crippen LogP contribution in [-0.2, 0) is 11.8 Å². The molecule has 0 bridgehead atoms. The van der Waals surface area contributed by atoms with Gasteiger partial charge in [0.2, 0.25) is 0 Å². The van der Waals surface area contributed by atoms with Crippen LogP contribution in [0.15, 0.2) is 42.0 Å². The van der Waals surface area contributed by atoms with Gasteiger partial charge < -0.3 is 9.88 Å².